The average molecular weight is 437 g/mol. The maximum atomic E-state index is 12.7. The highest BCUT2D eigenvalue weighted by Crippen LogP contribution is 2.28. The minimum absolute atomic E-state index is 0.0375. The van der Waals surface area contributed by atoms with Gasteiger partial charge in [-0.15, -0.1) is 0 Å². The number of piperidine rings is 1. The topological polar surface area (TPSA) is 95.4 Å². The van der Waals surface area contributed by atoms with E-state index >= 15 is 0 Å². The summed E-state index contributed by atoms with van der Waals surface area (Å²) in [4.78, 5) is 35.4. The Kier molecular flexibility index (Phi) is 7.47. The molecule has 7 nitrogen and oxygen atoms in total. The molecule has 2 aliphatic rings. The van der Waals surface area contributed by atoms with Crippen molar-refractivity contribution >= 4 is 17.6 Å². The van der Waals surface area contributed by atoms with Crippen LogP contribution in [0, 0.1) is 5.92 Å². The van der Waals surface area contributed by atoms with Crippen LogP contribution in [0.5, 0.6) is 0 Å². The Morgan fingerprint density at radius 1 is 1.16 bits per heavy atom. The molecule has 0 aliphatic carbocycles. The van der Waals surface area contributed by atoms with Gasteiger partial charge in [-0.05, 0) is 68.7 Å². The van der Waals surface area contributed by atoms with E-state index in [9.17, 15) is 14.7 Å². The number of carboxylic acids is 1. The Hall–Kier alpha value is -2.80. The Balaban J connectivity index is 1.20. The minimum atomic E-state index is -0.889. The molecule has 4 rings (SSSR count). The summed E-state index contributed by atoms with van der Waals surface area (Å²) >= 11 is 0. The van der Waals surface area contributed by atoms with Gasteiger partial charge in [-0.25, -0.2) is 4.98 Å². The number of carboxylic acid groups (broad SMARTS) is 1. The second-order valence-electron chi connectivity index (χ2n) is 8.82. The lowest BCUT2D eigenvalue weighted by Gasteiger charge is -2.34. The zero-order chi connectivity index (χ0) is 22.3. The van der Waals surface area contributed by atoms with Gasteiger partial charge in [-0.1, -0.05) is 12.1 Å². The molecule has 1 fully saturated rings. The molecule has 1 saturated heterocycles. The van der Waals surface area contributed by atoms with Gasteiger partial charge in [-0.2, -0.15) is 0 Å². The van der Waals surface area contributed by atoms with Crippen molar-refractivity contribution in [1.82, 2.24) is 14.9 Å². The van der Waals surface area contributed by atoms with Crippen LogP contribution in [0.3, 0.4) is 0 Å². The number of carbonyl (C=O) groups is 2. The second-order valence-corrected chi connectivity index (χ2v) is 8.82. The summed E-state index contributed by atoms with van der Waals surface area (Å²) in [5.74, 6) is 0.492. The number of likely N-dealkylation sites (tertiary alicyclic amines) is 1. The first-order chi connectivity index (χ1) is 15.6. The van der Waals surface area contributed by atoms with Crippen LogP contribution in [0.15, 0.2) is 36.5 Å². The number of unbranched alkanes of at least 4 members (excludes halogenated alkanes) is 1. The summed E-state index contributed by atoms with van der Waals surface area (Å²) in [5, 5.41) is 13.1. The molecule has 2 aromatic rings. The number of aromatic nitrogens is 2. The molecule has 2 aromatic heterocycles. The Morgan fingerprint density at radius 2 is 2.00 bits per heavy atom. The maximum Gasteiger partial charge on any atom is 0.327 e. The van der Waals surface area contributed by atoms with Crippen molar-refractivity contribution in [2.45, 2.75) is 57.4 Å². The number of aryl methyl sites for hydroxylation is 2. The molecule has 0 bridgehead atoms. The molecule has 4 heterocycles. The standard InChI is InChI=1S/C25H32N4O3/c30-22(9-2-1-7-20-11-10-19-6-5-15-27-24(19)28-20)18-12-16-29(17-13-18)23(25(31)32)21-8-3-4-14-26-21/h3-4,8,10-11,14,18,23H,1-2,5-7,9,12-13,15-17H2,(H,27,28)(H,31,32). The third kappa shape index (κ3) is 5.51. The molecular weight excluding hydrogens is 404 g/mol. The normalized spacial score (nSPS) is 17.9. The fourth-order valence-corrected chi connectivity index (χ4v) is 4.80. The van der Waals surface area contributed by atoms with Gasteiger partial charge in [-0.3, -0.25) is 19.5 Å². The van der Waals surface area contributed by atoms with Gasteiger partial charge in [0.2, 0.25) is 0 Å². The van der Waals surface area contributed by atoms with Gasteiger partial charge in [0.05, 0.1) is 5.69 Å². The zero-order valence-electron chi connectivity index (χ0n) is 18.5. The van der Waals surface area contributed by atoms with Crippen LogP contribution in [-0.2, 0) is 22.4 Å². The van der Waals surface area contributed by atoms with Gasteiger partial charge in [0.15, 0.2) is 6.04 Å². The van der Waals surface area contributed by atoms with Crippen molar-refractivity contribution in [2.24, 2.45) is 5.92 Å². The van der Waals surface area contributed by atoms with Crippen LogP contribution in [0.25, 0.3) is 0 Å². The maximum absolute atomic E-state index is 12.7. The molecule has 32 heavy (non-hydrogen) atoms. The smallest absolute Gasteiger partial charge is 0.327 e. The number of hydrogen-bond donors (Lipinski definition) is 2. The predicted molar refractivity (Wildman–Crippen MR) is 123 cm³/mol. The third-order valence-corrected chi connectivity index (χ3v) is 6.61. The summed E-state index contributed by atoms with van der Waals surface area (Å²) in [6.45, 7) is 2.21. The summed E-state index contributed by atoms with van der Waals surface area (Å²) < 4.78 is 0. The molecule has 0 radical (unpaired) electrons. The van der Waals surface area contributed by atoms with E-state index < -0.39 is 12.0 Å². The lowest BCUT2D eigenvalue weighted by Crippen LogP contribution is -2.42. The first kappa shape index (κ1) is 22.4. The van der Waals surface area contributed by atoms with Crippen LogP contribution in [0.1, 0.15) is 61.5 Å². The average Bonchev–Trinajstić information content (AvgIpc) is 2.82. The number of nitrogens with one attached hydrogen (secondary N) is 1. The lowest BCUT2D eigenvalue weighted by atomic mass is 9.89. The molecule has 2 aliphatic heterocycles. The van der Waals surface area contributed by atoms with Crippen LogP contribution in [-0.4, -0.2) is 51.4 Å². The van der Waals surface area contributed by atoms with Gasteiger partial charge in [0, 0.05) is 43.9 Å². The van der Waals surface area contributed by atoms with Gasteiger partial charge in [0.1, 0.15) is 11.6 Å². The highest BCUT2D eigenvalue weighted by molar-refractivity contribution is 5.81. The van der Waals surface area contributed by atoms with Crippen molar-refractivity contribution in [1.29, 1.82) is 0 Å². The number of Topliss-reactive ketones (excluding diaryl/α,β-unsaturated/α-hetero) is 1. The zero-order valence-corrected chi connectivity index (χ0v) is 18.5. The Bertz CT molecular complexity index is 926. The molecule has 170 valence electrons. The molecule has 2 N–H and O–H groups in total. The molecule has 1 atom stereocenters. The van der Waals surface area contributed by atoms with E-state index in [4.69, 9.17) is 4.98 Å². The number of anilines is 1. The van der Waals surface area contributed by atoms with Crippen molar-refractivity contribution < 1.29 is 14.7 Å². The van der Waals surface area contributed by atoms with Crippen LogP contribution < -0.4 is 5.32 Å². The number of hydrogen-bond acceptors (Lipinski definition) is 6. The highest BCUT2D eigenvalue weighted by Gasteiger charge is 2.33. The van der Waals surface area contributed by atoms with Crippen molar-refractivity contribution in [3.05, 3.63) is 53.5 Å². The largest absolute Gasteiger partial charge is 0.480 e. The van der Waals surface area contributed by atoms with E-state index in [1.54, 1.807) is 18.3 Å². The number of pyridine rings is 2. The highest BCUT2D eigenvalue weighted by atomic mass is 16.4. The molecule has 7 heteroatoms. The summed E-state index contributed by atoms with van der Waals surface area (Å²) in [6.07, 6.45) is 8.63. The third-order valence-electron chi connectivity index (χ3n) is 6.61. The number of carbonyl (C=O) groups excluding carboxylic acids is 1. The monoisotopic (exact) mass is 436 g/mol. The minimum Gasteiger partial charge on any atom is -0.480 e. The fraction of sp³-hybridized carbons (Fsp3) is 0.520. The summed E-state index contributed by atoms with van der Waals surface area (Å²) in [6, 6.07) is 8.90. The van der Waals surface area contributed by atoms with E-state index in [1.165, 1.54) is 5.56 Å². The van der Waals surface area contributed by atoms with Gasteiger partial charge < -0.3 is 10.4 Å². The summed E-state index contributed by atoms with van der Waals surface area (Å²) in [5.41, 5.74) is 2.94. The number of aliphatic carboxylic acids is 1. The van der Waals surface area contributed by atoms with E-state index in [0.717, 1.165) is 50.2 Å². The van der Waals surface area contributed by atoms with Gasteiger partial charge in [0.25, 0.3) is 0 Å². The SMILES string of the molecule is O=C(CCCCc1ccc2c(n1)NCCC2)C1CCN(C(C(=O)O)c2ccccn2)CC1. The van der Waals surface area contributed by atoms with Gasteiger partial charge >= 0.3 is 5.97 Å². The van der Waals surface area contributed by atoms with Crippen LogP contribution in [0.2, 0.25) is 0 Å². The van der Waals surface area contributed by atoms with Crippen LogP contribution in [0.4, 0.5) is 5.82 Å². The van der Waals surface area contributed by atoms with E-state index in [2.05, 4.69) is 22.4 Å². The number of nitrogens with zero attached hydrogens (tertiary/aromatic N) is 3. The van der Waals surface area contributed by atoms with Crippen LogP contribution >= 0.6 is 0 Å². The number of ketones is 1. The van der Waals surface area contributed by atoms with E-state index in [-0.39, 0.29) is 5.92 Å². The van der Waals surface area contributed by atoms with Crippen molar-refractivity contribution in [3.63, 3.8) is 0 Å². The molecule has 0 spiro atoms. The van der Waals surface area contributed by atoms with E-state index in [0.29, 0.717) is 43.8 Å². The second kappa shape index (κ2) is 10.7. The molecule has 0 saturated carbocycles. The fourth-order valence-electron chi connectivity index (χ4n) is 4.80. The molecule has 0 aromatic carbocycles. The van der Waals surface area contributed by atoms with Crippen molar-refractivity contribution in [2.75, 3.05) is 25.0 Å². The first-order valence-corrected chi connectivity index (χ1v) is 11.7. The molecular formula is C25H32N4O3. The summed E-state index contributed by atoms with van der Waals surface area (Å²) in [7, 11) is 0. The Labute approximate surface area is 189 Å². The Morgan fingerprint density at radius 3 is 2.75 bits per heavy atom. The predicted octanol–water partition coefficient (Wildman–Crippen LogP) is 3.65. The molecule has 1 unspecified atom stereocenters. The first-order valence-electron chi connectivity index (χ1n) is 11.7. The number of rotatable bonds is 9. The quantitative estimate of drug-likeness (QED) is 0.579. The molecule has 0 amide bonds. The van der Waals surface area contributed by atoms with E-state index in [1.807, 2.05) is 11.0 Å². The number of fused-ring (bicyclic) bond motifs is 1. The van der Waals surface area contributed by atoms with Crippen molar-refractivity contribution in [3.8, 4) is 0 Å². The lowest BCUT2D eigenvalue weighted by molar-refractivity contribution is -0.144.